The number of aryl methyl sites for hydroxylation is 2. The number of nitrogens with one attached hydrogen (secondary N) is 23. The SMILES string of the molecule is Cn1cc(NC(=O)[C@H](CCCNC(=N)N)NC(=O)[C@@H](N)Cc2c[nH]c3ccccc23)cc1C(=O)N[C@@H](Cc1ccc(O)cc1)C(=O)NCC(=O)NCC(=O)NCC(=O)NCCCC[C@H](NC(=O)CNC(=O)CNC(=O)CNC(=O)[C@H](Cc1ccc(O)cc1)NC(=O)c1cc(NC(=O)[C@H](CCCNC(=N)N)NC(=O)[C@@H](N)Cc2c[nH]c3ccccc23)cn1C)C(=O)NCC(=O)NCC(=O)NCC(N)=O. The number of carbonyl (C=O) groups is 18. The Balaban J connectivity index is 0.771. The number of nitrogens with two attached hydrogens (primary N) is 5. The summed E-state index contributed by atoms with van der Waals surface area (Å²) in [5.74, 6) is -15.4. The number of anilines is 2. The van der Waals surface area contributed by atoms with Crippen LogP contribution in [0.2, 0.25) is 0 Å². The molecule has 0 radical (unpaired) electrons. The zero-order valence-electron chi connectivity index (χ0n) is 75.5. The molecule has 8 aromatic rings. The Bertz CT molecular complexity index is 5710. The van der Waals surface area contributed by atoms with E-state index in [1.807, 2.05) is 48.5 Å². The predicted octanol–water partition coefficient (Wildman–Crippen LogP) is -7.06. The zero-order valence-corrected chi connectivity index (χ0v) is 75.5. The molecule has 0 aliphatic rings. The van der Waals surface area contributed by atoms with Gasteiger partial charge in [-0.25, -0.2) is 0 Å². The minimum absolute atomic E-state index is 0.0463. The van der Waals surface area contributed by atoms with Crippen LogP contribution in [0.5, 0.6) is 11.5 Å². The second-order valence-electron chi connectivity index (χ2n) is 31.9. The first kappa shape index (κ1) is 106. The highest BCUT2D eigenvalue weighted by Gasteiger charge is 2.32. The fourth-order valence-electron chi connectivity index (χ4n) is 13.8. The molecule has 138 heavy (non-hydrogen) atoms. The number of phenolic OH excluding ortho intramolecular Hbond substituents is 2. The maximum atomic E-state index is 14.0. The first-order valence-electron chi connectivity index (χ1n) is 43.6. The smallest absolute Gasteiger partial charge is 0.268 e. The second-order valence-corrected chi connectivity index (χ2v) is 31.9. The monoisotopic (exact) mass is 1910 g/mol. The summed E-state index contributed by atoms with van der Waals surface area (Å²) in [4.78, 5) is 244. The van der Waals surface area contributed by atoms with Gasteiger partial charge in [-0.05, 0) is 129 Å². The van der Waals surface area contributed by atoms with Gasteiger partial charge in [-0.2, -0.15) is 0 Å². The number of phenols is 2. The van der Waals surface area contributed by atoms with Crippen molar-refractivity contribution < 1.29 is 96.5 Å². The number of nitrogens with zero attached hydrogens (tertiary/aromatic N) is 2. The second kappa shape index (κ2) is 53.7. The number of carbonyl (C=O) groups excluding carboxylic acids is 18. The van der Waals surface area contributed by atoms with E-state index in [0.29, 0.717) is 11.1 Å². The summed E-state index contributed by atoms with van der Waals surface area (Å²) < 4.78 is 2.72. The Morgan fingerprint density at radius 2 is 0.674 bits per heavy atom. The Morgan fingerprint density at radius 1 is 0.348 bits per heavy atom. The van der Waals surface area contributed by atoms with Crippen LogP contribution in [-0.4, -0.2) is 268 Å². The average molecular weight is 1910 g/mol. The van der Waals surface area contributed by atoms with Crippen molar-refractivity contribution in [3.63, 3.8) is 0 Å². The molecule has 18 amide bonds. The third kappa shape index (κ3) is 36.2. The van der Waals surface area contributed by atoms with Gasteiger partial charge in [0.1, 0.15) is 53.1 Å². The van der Waals surface area contributed by atoms with Crippen LogP contribution in [0.25, 0.3) is 21.8 Å². The summed E-state index contributed by atoms with van der Waals surface area (Å²) in [6.45, 7) is -5.80. The van der Waals surface area contributed by atoms with E-state index < -0.39 is 208 Å². The molecule has 0 bridgehead atoms. The topological polar surface area (TPSA) is 796 Å². The Hall–Kier alpha value is -17.0. The molecule has 7 atom stereocenters. The van der Waals surface area contributed by atoms with Crippen LogP contribution in [0.1, 0.15) is 88.2 Å². The lowest BCUT2D eigenvalue weighted by Crippen LogP contribution is -2.52. The number of H-pyrrole nitrogens is 2. The van der Waals surface area contributed by atoms with Crippen molar-refractivity contribution in [2.24, 2.45) is 42.8 Å². The summed E-state index contributed by atoms with van der Waals surface area (Å²) in [5.41, 5.74) is 33.0. The number of aromatic nitrogens is 4. The summed E-state index contributed by atoms with van der Waals surface area (Å²) in [7, 11) is 2.98. The lowest BCUT2D eigenvalue weighted by molar-refractivity contribution is -0.131. The van der Waals surface area contributed by atoms with Crippen molar-refractivity contribution in [1.82, 2.24) is 109 Å². The number of amides is 18. The zero-order chi connectivity index (χ0) is 100. The number of benzene rings is 4. The number of fused-ring (bicyclic) bond motifs is 2. The lowest BCUT2D eigenvalue weighted by atomic mass is 10.0. The van der Waals surface area contributed by atoms with E-state index in [1.165, 1.54) is 96.3 Å². The normalized spacial score (nSPS) is 12.4. The molecule has 4 aromatic carbocycles. The number of hydrogen-bond acceptors (Lipinski definition) is 24. The summed E-state index contributed by atoms with van der Waals surface area (Å²) in [6.07, 6.45) is 7.01. The van der Waals surface area contributed by atoms with Crippen LogP contribution >= 0.6 is 0 Å². The highest BCUT2D eigenvalue weighted by Crippen LogP contribution is 2.23. The van der Waals surface area contributed by atoms with Crippen LogP contribution < -0.4 is 130 Å². The third-order valence-corrected chi connectivity index (χ3v) is 21.0. The summed E-state index contributed by atoms with van der Waals surface area (Å²) in [5, 5.41) is 83.8. The van der Waals surface area contributed by atoms with E-state index in [2.05, 4.69) is 111 Å². The Morgan fingerprint density at radius 3 is 1.05 bits per heavy atom. The molecule has 50 heteroatoms. The van der Waals surface area contributed by atoms with E-state index >= 15 is 0 Å². The highest BCUT2D eigenvalue weighted by molar-refractivity contribution is 6.04. The molecular formula is C88H116N30O20. The van der Waals surface area contributed by atoms with Crippen molar-refractivity contribution in [1.29, 1.82) is 10.8 Å². The molecule has 0 spiro atoms. The van der Waals surface area contributed by atoms with Gasteiger partial charge in [-0.15, -0.1) is 0 Å². The molecule has 0 aliphatic carbocycles. The molecule has 738 valence electrons. The molecule has 0 saturated heterocycles. The Kier molecular flexibility index (Phi) is 41.4. The first-order chi connectivity index (χ1) is 65.8. The maximum Gasteiger partial charge on any atom is 0.268 e. The van der Waals surface area contributed by atoms with Gasteiger partial charge in [-0.3, -0.25) is 97.1 Å². The third-order valence-electron chi connectivity index (χ3n) is 21.0. The molecule has 0 aliphatic heterocycles. The van der Waals surface area contributed by atoms with Crippen molar-refractivity contribution in [3.05, 3.63) is 168 Å². The summed E-state index contributed by atoms with van der Waals surface area (Å²) >= 11 is 0. The minimum Gasteiger partial charge on any atom is -0.508 e. The van der Waals surface area contributed by atoms with Gasteiger partial charge in [0.25, 0.3) is 11.8 Å². The van der Waals surface area contributed by atoms with Crippen molar-refractivity contribution >= 4 is 151 Å². The number of aromatic amines is 2. The van der Waals surface area contributed by atoms with Crippen LogP contribution in [0.3, 0.4) is 0 Å². The van der Waals surface area contributed by atoms with E-state index in [4.69, 9.17) is 39.5 Å². The molecule has 8 rings (SSSR count). The van der Waals surface area contributed by atoms with E-state index in [1.54, 1.807) is 12.4 Å². The lowest BCUT2D eigenvalue weighted by Gasteiger charge is -2.20. The van der Waals surface area contributed by atoms with E-state index in [-0.39, 0.29) is 136 Å². The van der Waals surface area contributed by atoms with Gasteiger partial charge >= 0.3 is 0 Å². The van der Waals surface area contributed by atoms with E-state index in [9.17, 15) is 96.5 Å². The van der Waals surface area contributed by atoms with Gasteiger partial charge < -0.3 is 159 Å². The Labute approximate surface area is 788 Å². The van der Waals surface area contributed by atoms with Crippen LogP contribution in [0.15, 0.2) is 134 Å². The fraction of sp³-hybridized carbons (Fsp3) is 0.364. The van der Waals surface area contributed by atoms with Crippen LogP contribution in [-0.2, 0) is 116 Å². The average Bonchev–Trinajstić information content (AvgIpc) is 1.69. The highest BCUT2D eigenvalue weighted by atomic mass is 16.3. The molecule has 50 nitrogen and oxygen atoms in total. The van der Waals surface area contributed by atoms with Gasteiger partial charge in [-0.1, -0.05) is 60.7 Å². The van der Waals surface area contributed by atoms with Gasteiger partial charge in [0.15, 0.2) is 11.9 Å². The van der Waals surface area contributed by atoms with Gasteiger partial charge in [0.05, 0.1) is 82.4 Å². The minimum atomic E-state index is -1.41. The van der Waals surface area contributed by atoms with Crippen molar-refractivity contribution in [2.75, 3.05) is 89.2 Å². The molecule has 0 unspecified atom stereocenters. The molecule has 35 N–H and O–H groups in total. The number of primary amides is 1. The van der Waals surface area contributed by atoms with E-state index in [0.717, 1.165) is 32.9 Å². The number of para-hydroxylation sites is 2. The van der Waals surface area contributed by atoms with Gasteiger partial charge in [0, 0.05) is 93.2 Å². The largest absolute Gasteiger partial charge is 0.508 e. The van der Waals surface area contributed by atoms with Crippen LogP contribution in [0.4, 0.5) is 11.4 Å². The molecule has 4 heterocycles. The quantitative estimate of drug-likeness (QED) is 0.00957. The molecule has 0 fully saturated rings. The maximum absolute atomic E-state index is 14.0. The number of guanidine groups is 2. The van der Waals surface area contributed by atoms with Crippen molar-refractivity contribution in [3.8, 4) is 11.5 Å². The number of rotatable bonds is 55. The fourth-order valence-corrected chi connectivity index (χ4v) is 13.8. The van der Waals surface area contributed by atoms with Crippen LogP contribution in [0, 0.1) is 10.8 Å². The number of aromatic hydroxyl groups is 2. The summed E-state index contributed by atoms with van der Waals surface area (Å²) in [6, 6.07) is 20.3. The number of unbranched alkanes of at least 4 members (excludes halogenated alkanes) is 1. The number of hydrogen-bond donors (Lipinski definition) is 30. The predicted molar refractivity (Wildman–Crippen MR) is 501 cm³/mol. The molecule has 4 aromatic heterocycles. The molecule has 0 saturated carbocycles. The van der Waals surface area contributed by atoms with Gasteiger partial charge in [0.2, 0.25) is 94.5 Å². The first-order valence-corrected chi connectivity index (χ1v) is 43.6. The molecular weight excluding hydrogens is 1800 g/mol. The standard InChI is InChI=1S/C88H116N30O20/c1-117-46-52(110-83(135)63(16-9-27-97-87(92)93)113-78(130)58(89)31-50-35-99-60-13-5-3-11-56(50)60)33-67(117)85(137)115-65(29-48-18-22-54(119)23-19-48)81(133)108-43-75(127)104-40-72(124)102-38-70(122)96-26-8-7-15-62(80(132)107-42-74(126)103-39-71(123)101-37-69(91)121)112-77(129)45-106-73(125)41-105-76(128)44-109-82(134)66(30-49-20-24-55(120)25-21-49)116-86(138)68-34-53(47-118(68)2)111-84(136)64(17-10-28-98-88(94)95)114-79(131)59(90)32-51-36-100-61-14-6-4-12-57(51)61/h3-6,11-14,18-25,33-36,46-47,58-59,62-66,99-100,119-120H,7-10,15-17,26-32,37-45,89-90H2,1-2H3,(H2,91,121)(H,96,122)(H,101,123)(H,102,124)(H,103,126)(H,104,127)(H,105,128)(H,106,125)(H,107,132)(H,108,133)(H,109,134)(H,110,135)(H,111,136)(H,112,129)(H,113,130)(H,114,131)(H,115,137)(H,116,138)(H4,92,93,97)(H4,94,95,98)/t58-,59-,62-,63-,64-,65-,66-/m0/s1. The van der Waals surface area contributed by atoms with Crippen molar-refractivity contribution in [2.45, 2.75) is 113 Å².